The molecule has 0 saturated carbocycles. The Morgan fingerprint density at radius 1 is 1.29 bits per heavy atom. The van der Waals surface area contributed by atoms with E-state index in [1.54, 1.807) is 24.3 Å². The van der Waals surface area contributed by atoms with E-state index in [9.17, 15) is 15.2 Å². The Hall–Kier alpha value is -2.69. The Labute approximate surface area is 143 Å². The molecule has 0 fully saturated rings. The van der Waals surface area contributed by atoms with Gasteiger partial charge in [0, 0.05) is 23.7 Å². The number of aromatic nitrogens is 1. The second kappa shape index (κ2) is 7.73. The molecule has 0 unspecified atom stereocenters. The molecule has 0 aliphatic carbocycles. The minimum absolute atomic E-state index is 0.0303. The van der Waals surface area contributed by atoms with Crippen LogP contribution in [-0.2, 0) is 6.54 Å². The minimum atomic E-state index is -0.574. The van der Waals surface area contributed by atoms with Crippen molar-refractivity contribution in [1.29, 1.82) is 5.26 Å². The van der Waals surface area contributed by atoms with Gasteiger partial charge >= 0.3 is 0 Å². The van der Waals surface area contributed by atoms with Crippen molar-refractivity contribution in [3.8, 4) is 11.9 Å². The molecule has 1 heterocycles. The highest BCUT2D eigenvalue weighted by Crippen LogP contribution is 2.27. The lowest BCUT2D eigenvalue weighted by Crippen LogP contribution is -2.22. The van der Waals surface area contributed by atoms with Crippen molar-refractivity contribution < 1.29 is 10.2 Å². The van der Waals surface area contributed by atoms with Gasteiger partial charge in [-0.2, -0.15) is 10.4 Å². The summed E-state index contributed by atoms with van der Waals surface area (Å²) in [6, 6.07) is 8.41. The Bertz CT molecular complexity index is 867. The van der Waals surface area contributed by atoms with Crippen molar-refractivity contribution in [2.45, 2.75) is 19.9 Å². The number of benzene rings is 1. The molecule has 24 heavy (non-hydrogen) atoms. The number of hydrogen-bond acceptors (Lipinski definition) is 6. The van der Waals surface area contributed by atoms with Crippen molar-refractivity contribution in [1.82, 2.24) is 4.57 Å². The number of aliphatic hydroxyl groups is 1. The first-order chi connectivity index (χ1) is 11.5. The molecular formula is C16H15ClN4O3. The number of azo groups is 1. The van der Waals surface area contributed by atoms with Crippen LogP contribution in [0.1, 0.15) is 17.5 Å². The number of nitrogens with zero attached hydrogens (tertiary/aromatic N) is 4. The molecule has 0 radical (unpaired) electrons. The first-order valence-corrected chi connectivity index (χ1v) is 7.52. The molecule has 2 N–H and O–H groups in total. The molecule has 0 saturated heterocycles. The van der Waals surface area contributed by atoms with Crippen LogP contribution >= 0.6 is 11.6 Å². The predicted octanol–water partition coefficient (Wildman–Crippen LogP) is 3.19. The van der Waals surface area contributed by atoms with Crippen LogP contribution in [0.25, 0.3) is 0 Å². The molecule has 2 aromatic rings. The summed E-state index contributed by atoms with van der Waals surface area (Å²) in [5.74, 6) is -0.432. The van der Waals surface area contributed by atoms with Crippen molar-refractivity contribution >= 4 is 23.0 Å². The molecule has 7 nitrogen and oxygen atoms in total. The molecule has 0 aliphatic rings. The molecule has 0 amide bonds. The molecule has 0 bridgehead atoms. The van der Waals surface area contributed by atoms with Gasteiger partial charge in [-0.1, -0.05) is 11.6 Å². The summed E-state index contributed by atoms with van der Waals surface area (Å²) in [5.41, 5.74) is 0.0923. The maximum absolute atomic E-state index is 12.5. The van der Waals surface area contributed by atoms with Gasteiger partial charge in [-0.15, -0.1) is 5.11 Å². The van der Waals surface area contributed by atoms with E-state index in [4.69, 9.17) is 16.7 Å². The number of nitriles is 1. The average Bonchev–Trinajstić information content (AvgIpc) is 2.57. The second-order valence-corrected chi connectivity index (χ2v) is 5.43. The second-order valence-electron chi connectivity index (χ2n) is 4.99. The highest BCUT2D eigenvalue weighted by atomic mass is 35.5. The van der Waals surface area contributed by atoms with Gasteiger partial charge in [0.1, 0.15) is 11.6 Å². The quantitative estimate of drug-likeness (QED) is 0.809. The molecule has 0 atom stereocenters. The van der Waals surface area contributed by atoms with E-state index in [-0.39, 0.29) is 36.4 Å². The fourth-order valence-electron chi connectivity index (χ4n) is 2.11. The number of rotatable bonds is 5. The van der Waals surface area contributed by atoms with E-state index in [1.165, 1.54) is 6.92 Å². The van der Waals surface area contributed by atoms with Crippen LogP contribution in [0.3, 0.4) is 0 Å². The van der Waals surface area contributed by atoms with Crippen molar-refractivity contribution in [2.75, 3.05) is 6.61 Å². The average molecular weight is 347 g/mol. The highest BCUT2D eigenvalue weighted by molar-refractivity contribution is 6.30. The van der Waals surface area contributed by atoms with Gasteiger partial charge in [-0.25, -0.2) is 0 Å². The van der Waals surface area contributed by atoms with E-state index in [0.717, 1.165) is 4.57 Å². The van der Waals surface area contributed by atoms with Crippen LogP contribution < -0.4 is 5.56 Å². The summed E-state index contributed by atoms with van der Waals surface area (Å²) < 4.78 is 1.01. The molecule has 0 spiro atoms. The van der Waals surface area contributed by atoms with Crippen molar-refractivity contribution in [3.05, 3.63) is 50.8 Å². The van der Waals surface area contributed by atoms with Gasteiger partial charge in [-0.3, -0.25) is 9.36 Å². The van der Waals surface area contributed by atoms with Crippen LogP contribution in [-0.4, -0.2) is 21.4 Å². The summed E-state index contributed by atoms with van der Waals surface area (Å²) in [4.78, 5) is 12.5. The lowest BCUT2D eigenvalue weighted by molar-refractivity contribution is 0.274. The van der Waals surface area contributed by atoms with Gasteiger partial charge in [0.05, 0.1) is 5.69 Å². The van der Waals surface area contributed by atoms with Gasteiger partial charge in [0.25, 0.3) is 5.56 Å². The van der Waals surface area contributed by atoms with Crippen molar-refractivity contribution in [3.63, 3.8) is 0 Å². The third kappa shape index (κ3) is 3.62. The van der Waals surface area contributed by atoms with Crippen LogP contribution in [0.15, 0.2) is 39.3 Å². The molecule has 1 aromatic carbocycles. The summed E-state index contributed by atoms with van der Waals surface area (Å²) >= 11 is 5.80. The van der Waals surface area contributed by atoms with E-state index < -0.39 is 11.4 Å². The minimum Gasteiger partial charge on any atom is -0.493 e. The molecule has 8 heteroatoms. The van der Waals surface area contributed by atoms with Crippen LogP contribution in [0.4, 0.5) is 11.4 Å². The molecule has 124 valence electrons. The smallest absolute Gasteiger partial charge is 0.281 e. The third-order valence-corrected chi connectivity index (χ3v) is 3.65. The predicted molar refractivity (Wildman–Crippen MR) is 89.1 cm³/mol. The first kappa shape index (κ1) is 17.7. The van der Waals surface area contributed by atoms with E-state index in [1.807, 2.05) is 6.07 Å². The molecule has 2 rings (SSSR count). The van der Waals surface area contributed by atoms with Gasteiger partial charge in [0.15, 0.2) is 5.69 Å². The zero-order chi connectivity index (χ0) is 17.7. The number of aliphatic hydroxyl groups excluding tert-OH is 1. The summed E-state index contributed by atoms with van der Waals surface area (Å²) in [7, 11) is 0. The van der Waals surface area contributed by atoms with Crippen LogP contribution in [0.2, 0.25) is 5.02 Å². The van der Waals surface area contributed by atoms with Gasteiger partial charge < -0.3 is 10.2 Å². The van der Waals surface area contributed by atoms with Crippen LogP contribution in [0, 0.1) is 18.3 Å². The van der Waals surface area contributed by atoms with E-state index in [0.29, 0.717) is 10.7 Å². The maximum atomic E-state index is 12.5. The lowest BCUT2D eigenvalue weighted by atomic mass is 10.1. The number of hydrogen-bond donors (Lipinski definition) is 2. The van der Waals surface area contributed by atoms with Gasteiger partial charge in [0.2, 0.25) is 5.88 Å². The molecule has 1 aromatic heterocycles. The molecule has 0 aliphatic heterocycles. The Kier molecular flexibility index (Phi) is 5.68. The SMILES string of the molecule is Cc1c(C#N)c(O)n(CCCO)c(=O)c1N=Nc1ccc(Cl)cc1. The number of halogens is 1. The van der Waals surface area contributed by atoms with E-state index in [2.05, 4.69) is 10.2 Å². The largest absolute Gasteiger partial charge is 0.493 e. The number of aromatic hydroxyl groups is 1. The fourth-order valence-corrected chi connectivity index (χ4v) is 2.23. The Morgan fingerprint density at radius 2 is 1.96 bits per heavy atom. The maximum Gasteiger partial charge on any atom is 0.281 e. The Morgan fingerprint density at radius 3 is 2.54 bits per heavy atom. The summed E-state index contributed by atoms with van der Waals surface area (Å²) in [5, 5.41) is 36.7. The topological polar surface area (TPSA) is 111 Å². The van der Waals surface area contributed by atoms with Crippen molar-refractivity contribution in [2.24, 2.45) is 10.2 Å². The first-order valence-electron chi connectivity index (χ1n) is 7.14. The Balaban J connectivity index is 2.54. The zero-order valence-electron chi connectivity index (χ0n) is 12.9. The molecular weight excluding hydrogens is 332 g/mol. The summed E-state index contributed by atoms with van der Waals surface area (Å²) in [6.45, 7) is 1.44. The van der Waals surface area contributed by atoms with Crippen LogP contribution in [0.5, 0.6) is 5.88 Å². The van der Waals surface area contributed by atoms with Gasteiger partial charge in [-0.05, 0) is 37.6 Å². The normalized spacial score (nSPS) is 10.9. The monoisotopic (exact) mass is 346 g/mol. The highest BCUT2D eigenvalue weighted by Gasteiger charge is 2.18. The standard InChI is InChI=1S/C16H15ClN4O3/c1-10-13(9-18)15(23)21(7-2-8-22)16(24)14(10)20-19-12-5-3-11(17)4-6-12/h3-6,22-23H,2,7-8H2,1H3. The fraction of sp³-hybridized carbons (Fsp3) is 0.250. The number of pyridine rings is 1. The third-order valence-electron chi connectivity index (χ3n) is 3.40. The summed E-state index contributed by atoms with van der Waals surface area (Å²) in [6.07, 6.45) is 0.259. The van der Waals surface area contributed by atoms with E-state index >= 15 is 0 Å². The lowest BCUT2D eigenvalue weighted by Gasteiger charge is -2.12. The zero-order valence-corrected chi connectivity index (χ0v) is 13.7.